The first-order valence-electron chi connectivity index (χ1n) is 8.64. The highest BCUT2D eigenvalue weighted by atomic mass is 35.5. The summed E-state index contributed by atoms with van der Waals surface area (Å²) in [6, 6.07) is 10.9. The molecule has 10 heteroatoms. The van der Waals surface area contributed by atoms with Crippen molar-refractivity contribution in [1.82, 2.24) is 5.32 Å². The van der Waals surface area contributed by atoms with E-state index < -0.39 is 16.1 Å². The Morgan fingerprint density at radius 3 is 2.34 bits per heavy atom. The van der Waals surface area contributed by atoms with Gasteiger partial charge >= 0.3 is 0 Å². The lowest BCUT2D eigenvalue weighted by atomic mass is 10.2. The van der Waals surface area contributed by atoms with Crippen LogP contribution in [0.25, 0.3) is 0 Å². The molecule has 158 valence electrons. The largest absolute Gasteiger partial charge is 0.353 e. The maximum atomic E-state index is 12.5. The molecule has 2 aromatic carbocycles. The van der Waals surface area contributed by atoms with Crippen LogP contribution in [0.4, 0.5) is 5.69 Å². The summed E-state index contributed by atoms with van der Waals surface area (Å²) in [4.78, 5) is 12.5. The molecule has 29 heavy (non-hydrogen) atoms. The number of hydrogen-bond donors (Lipinski definition) is 1. The second-order valence-electron chi connectivity index (χ2n) is 6.30. The second kappa shape index (κ2) is 10.8. The van der Waals surface area contributed by atoms with Crippen molar-refractivity contribution in [2.24, 2.45) is 0 Å². The number of halogens is 3. The van der Waals surface area contributed by atoms with Crippen molar-refractivity contribution in [1.29, 1.82) is 0 Å². The molecule has 2 aromatic rings. The Labute approximate surface area is 190 Å². The number of thioether (sulfide) groups is 1. The van der Waals surface area contributed by atoms with Gasteiger partial charge in [0.15, 0.2) is 0 Å². The molecule has 1 N–H and O–H groups in total. The fourth-order valence-corrected chi connectivity index (χ4v) is 5.04. The molecule has 0 unspecified atom stereocenters. The van der Waals surface area contributed by atoms with E-state index in [9.17, 15) is 13.2 Å². The number of amides is 1. The Morgan fingerprint density at radius 2 is 1.76 bits per heavy atom. The molecule has 0 spiro atoms. The fourth-order valence-electron chi connectivity index (χ4n) is 2.61. The van der Waals surface area contributed by atoms with Gasteiger partial charge in [-0.15, -0.1) is 0 Å². The van der Waals surface area contributed by atoms with E-state index in [0.29, 0.717) is 33.1 Å². The van der Waals surface area contributed by atoms with Crippen molar-refractivity contribution in [3.05, 3.63) is 63.1 Å². The minimum Gasteiger partial charge on any atom is -0.353 e. The number of nitrogens with one attached hydrogen (secondary N) is 1. The van der Waals surface area contributed by atoms with Crippen molar-refractivity contribution < 1.29 is 13.2 Å². The summed E-state index contributed by atoms with van der Waals surface area (Å²) in [5, 5.41) is 4.29. The van der Waals surface area contributed by atoms with Crippen LogP contribution >= 0.6 is 46.6 Å². The van der Waals surface area contributed by atoms with Crippen LogP contribution in [-0.2, 0) is 20.6 Å². The van der Waals surface area contributed by atoms with E-state index in [1.54, 1.807) is 49.0 Å². The molecule has 0 radical (unpaired) electrons. The van der Waals surface area contributed by atoms with Crippen molar-refractivity contribution >= 4 is 68.2 Å². The first-order chi connectivity index (χ1) is 13.6. The Hall–Kier alpha value is -1.12. The zero-order chi connectivity index (χ0) is 21.6. The summed E-state index contributed by atoms with van der Waals surface area (Å²) in [7, 11) is -3.65. The lowest BCUT2D eigenvalue weighted by Gasteiger charge is -2.28. The molecule has 0 aliphatic heterocycles. The highest BCUT2D eigenvalue weighted by Crippen LogP contribution is 2.25. The summed E-state index contributed by atoms with van der Waals surface area (Å²) in [6.45, 7) is 1.96. The standard InChI is InChI=1S/C19H21Cl3N2O3S2/c1-13(24(29(2,26)27)16-6-4-15(20)5-7-16)19(25)23-9-10-28-12-14-3-8-17(21)18(22)11-14/h3-8,11,13H,9-10,12H2,1-2H3,(H,23,25)/t13-/m1/s1. The quantitative estimate of drug-likeness (QED) is 0.505. The van der Waals surface area contributed by atoms with Gasteiger partial charge in [-0.3, -0.25) is 9.10 Å². The molecule has 0 heterocycles. The Bertz CT molecular complexity index is 954. The number of anilines is 1. The lowest BCUT2D eigenvalue weighted by molar-refractivity contribution is -0.121. The summed E-state index contributed by atoms with van der Waals surface area (Å²) in [5.41, 5.74) is 1.42. The van der Waals surface area contributed by atoms with Gasteiger partial charge in [0, 0.05) is 23.1 Å². The van der Waals surface area contributed by atoms with E-state index >= 15 is 0 Å². The number of carbonyl (C=O) groups is 1. The SMILES string of the molecule is C[C@H](C(=O)NCCSCc1ccc(Cl)c(Cl)c1)N(c1ccc(Cl)cc1)S(C)(=O)=O. The number of nitrogens with zero attached hydrogens (tertiary/aromatic N) is 1. The highest BCUT2D eigenvalue weighted by Gasteiger charge is 2.28. The molecule has 5 nitrogen and oxygen atoms in total. The Morgan fingerprint density at radius 1 is 1.10 bits per heavy atom. The topological polar surface area (TPSA) is 66.5 Å². The van der Waals surface area contributed by atoms with Gasteiger partial charge in [-0.2, -0.15) is 11.8 Å². The lowest BCUT2D eigenvalue weighted by Crippen LogP contribution is -2.48. The van der Waals surface area contributed by atoms with Gasteiger partial charge in [0.2, 0.25) is 15.9 Å². The van der Waals surface area contributed by atoms with Gasteiger partial charge < -0.3 is 5.32 Å². The molecule has 0 saturated carbocycles. The molecule has 2 rings (SSSR count). The third kappa shape index (κ3) is 7.26. The number of hydrogen-bond acceptors (Lipinski definition) is 4. The van der Waals surface area contributed by atoms with E-state index in [1.165, 1.54) is 0 Å². The fraction of sp³-hybridized carbons (Fsp3) is 0.316. The number of carbonyl (C=O) groups excluding carboxylic acids is 1. The molecular formula is C19H21Cl3N2O3S2. The Kier molecular flexibility index (Phi) is 8.97. The van der Waals surface area contributed by atoms with Crippen LogP contribution in [0.2, 0.25) is 15.1 Å². The first-order valence-corrected chi connectivity index (χ1v) is 12.8. The summed E-state index contributed by atoms with van der Waals surface area (Å²) in [6.07, 6.45) is 1.07. The molecular weight excluding hydrogens is 475 g/mol. The molecule has 1 amide bonds. The van der Waals surface area contributed by atoms with Crippen LogP contribution in [-0.4, -0.2) is 38.9 Å². The maximum Gasteiger partial charge on any atom is 0.243 e. The van der Waals surface area contributed by atoms with Crippen molar-refractivity contribution in [2.75, 3.05) is 22.9 Å². The van der Waals surface area contributed by atoms with Gasteiger partial charge in [-0.1, -0.05) is 40.9 Å². The number of benzene rings is 2. The van der Waals surface area contributed by atoms with Gasteiger partial charge in [-0.05, 0) is 48.9 Å². The summed E-state index contributed by atoms with van der Waals surface area (Å²) < 4.78 is 25.6. The van der Waals surface area contributed by atoms with Crippen molar-refractivity contribution in [2.45, 2.75) is 18.7 Å². The molecule has 0 fully saturated rings. The molecule has 0 aliphatic rings. The first kappa shape index (κ1) is 24.2. The molecule has 0 saturated heterocycles. The molecule has 0 aliphatic carbocycles. The minimum atomic E-state index is -3.65. The predicted octanol–water partition coefficient (Wildman–Crippen LogP) is 4.85. The van der Waals surface area contributed by atoms with Crippen LogP contribution in [0, 0.1) is 0 Å². The monoisotopic (exact) mass is 494 g/mol. The van der Waals surface area contributed by atoms with Gasteiger partial charge in [0.05, 0.1) is 22.0 Å². The van der Waals surface area contributed by atoms with E-state index in [4.69, 9.17) is 34.8 Å². The van der Waals surface area contributed by atoms with Crippen molar-refractivity contribution in [3.8, 4) is 0 Å². The Balaban J connectivity index is 1.89. The van der Waals surface area contributed by atoms with E-state index in [-0.39, 0.29) is 5.91 Å². The minimum absolute atomic E-state index is 0.375. The van der Waals surface area contributed by atoms with E-state index in [1.807, 2.05) is 12.1 Å². The van der Waals surface area contributed by atoms with E-state index in [2.05, 4.69) is 5.32 Å². The normalized spacial score (nSPS) is 12.4. The van der Waals surface area contributed by atoms with Gasteiger partial charge in [-0.25, -0.2) is 8.42 Å². The summed E-state index contributed by atoms with van der Waals surface area (Å²) >= 11 is 19.4. The molecule has 1 atom stereocenters. The second-order valence-corrected chi connectivity index (χ2v) is 10.5. The van der Waals surface area contributed by atoms with Crippen molar-refractivity contribution in [3.63, 3.8) is 0 Å². The van der Waals surface area contributed by atoms with Crippen LogP contribution in [0.15, 0.2) is 42.5 Å². The smallest absolute Gasteiger partial charge is 0.243 e. The van der Waals surface area contributed by atoms with Crippen LogP contribution in [0.5, 0.6) is 0 Å². The summed E-state index contributed by atoms with van der Waals surface area (Å²) in [5.74, 6) is 1.02. The number of rotatable bonds is 9. The highest BCUT2D eigenvalue weighted by molar-refractivity contribution is 7.98. The van der Waals surface area contributed by atoms with Gasteiger partial charge in [0.1, 0.15) is 6.04 Å². The third-order valence-electron chi connectivity index (χ3n) is 3.97. The predicted molar refractivity (Wildman–Crippen MR) is 124 cm³/mol. The zero-order valence-corrected chi connectivity index (χ0v) is 19.8. The van der Waals surface area contributed by atoms with Crippen LogP contribution in [0.3, 0.4) is 0 Å². The zero-order valence-electron chi connectivity index (χ0n) is 15.9. The van der Waals surface area contributed by atoms with E-state index in [0.717, 1.165) is 21.9 Å². The van der Waals surface area contributed by atoms with Crippen LogP contribution in [0.1, 0.15) is 12.5 Å². The third-order valence-corrected chi connectivity index (χ3v) is 7.23. The number of sulfonamides is 1. The van der Waals surface area contributed by atoms with Crippen LogP contribution < -0.4 is 9.62 Å². The molecule has 0 bridgehead atoms. The van der Waals surface area contributed by atoms with Gasteiger partial charge in [0.25, 0.3) is 0 Å². The average Bonchev–Trinajstić information content (AvgIpc) is 2.64. The molecule has 0 aromatic heterocycles. The average molecular weight is 496 g/mol. The maximum absolute atomic E-state index is 12.5.